The van der Waals surface area contributed by atoms with Crippen molar-refractivity contribution in [3.63, 3.8) is 0 Å². The smallest absolute Gasteiger partial charge is 0.241 e. The summed E-state index contributed by atoms with van der Waals surface area (Å²) in [4.78, 5) is 15.2. The number of halogens is 1. The summed E-state index contributed by atoms with van der Waals surface area (Å²) in [5, 5.41) is 9.26. The fourth-order valence-corrected chi connectivity index (χ4v) is 1.19. The Morgan fingerprint density at radius 3 is 3.20 bits per heavy atom. The molecule has 1 aromatic rings. The lowest BCUT2D eigenvalue weighted by Gasteiger charge is -2.08. The fraction of sp³-hybridized carbons (Fsp3) is 0.375. The molecule has 82 valence electrons. The van der Waals surface area contributed by atoms with E-state index in [0.717, 1.165) is 6.54 Å². The van der Waals surface area contributed by atoms with Crippen LogP contribution in [0.5, 0.6) is 0 Å². The van der Waals surface area contributed by atoms with Gasteiger partial charge in [0, 0.05) is 6.54 Å². The van der Waals surface area contributed by atoms with Gasteiger partial charge in [-0.05, 0) is 0 Å². The predicted octanol–water partition coefficient (Wildman–Crippen LogP) is -0.364. The fourth-order valence-electron chi connectivity index (χ4n) is 1.19. The average molecular weight is 231 g/mol. The minimum atomic E-state index is -0.234. The average Bonchev–Trinajstić information content (AvgIpc) is 2.87. The van der Waals surface area contributed by atoms with Crippen LogP contribution in [0.25, 0.3) is 0 Å². The van der Waals surface area contributed by atoms with Crippen molar-refractivity contribution in [1.29, 1.82) is 0 Å². The molecule has 0 aliphatic carbocycles. The molecular formula is C8H11ClN4O2. The third-order valence-electron chi connectivity index (χ3n) is 1.89. The Morgan fingerprint density at radius 2 is 2.60 bits per heavy atom. The zero-order valence-corrected chi connectivity index (χ0v) is 8.66. The minimum absolute atomic E-state index is 0. The van der Waals surface area contributed by atoms with E-state index in [9.17, 15) is 4.79 Å². The third kappa shape index (κ3) is 3.03. The second-order valence-electron chi connectivity index (χ2n) is 2.88. The normalized spacial score (nSPS) is 18.5. The lowest BCUT2D eigenvalue weighted by Crippen LogP contribution is -2.40. The van der Waals surface area contributed by atoms with E-state index in [-0.39, 0.29) is 24.4 Å². The first-order valence-electron chi connectivity index (χ1n) is 4.29. The summed E-state index contributed by atoms with van der Waals surface area (Å²) in [7, 11) is 0. The van der Waals surface area contributed by atoms with Gasteiger partial charge >= 0.3 is 0 Å². The molecule has 1 amide bonds. The number of aromatic nitrogens is 2. The van der Waals surface area contributed by atoms with Gasteiger partial charge in [0.2, 0.25) is 12.3 Å². The van der Waals surface area contributed by atoms with Crippen molar-refractivity contribution in [2.75, 3.05) is 6.54 Å². The van der Waals surface area contributed by atoms with Crippen LogP contribution in [0.3, 0.4) is 0 Å². The number of hydrogen-bond acceptors (Lipinski definition) is 5. The monoisotopic (exact) mass is 230 g/mol. The molecule has 0 saturated heterocycles. The Hall–Kier alpha value is -1.40. The molecule has 2 rings (SSSR count). The number of amides is 1. The maximum atomic E-state index is 11.4. The number of hydrogen-bond donors (Lipinski definition) is 2. The molecule has 0 bridgehead atoms. The molecule has 1 aromatic heterocycles. The standard InChI is InChI=1S/C8H10N4O2.ClH/c13-8(6-2-1-3-9-6)10-4-7-11-5-14-12-7;/h1-2,5-6,9H,3-4H2,(H,10,13);1H. The van der Waals surface area contributed by atoms with Crippen molar-refractivity contribution < 1.29 is 9.32 Å². The lowest BCUT2D eigenvalue weighted by molar-refractivity contribution is -0.122. The first-order valence-corrected chi connectivity index (χ1v) is 4.29. The van der Waals surface area contributed by atoms with Crippen LogP contribution in [0.15, 0.2) is 23.1 Å². The topological polar surface area (TPSA) is 80.1 Å². The molecule has 0 saturated carbocycles. The van der Waals surface area contributed by atoms with E-state index in [2.05, 4.69) is 25.3 Å². The molecule has 6 nitrogen and oxygen atoms in total. The van der Waals surface area contributed by atoms with E-state index < -0.39 is 0 Å². The van der Waals surface area contributed by atoms with Gasteiger partial charge in [-0.2, -0.15) is 4.98 Å². The zero-order valence-electron chi connectivity index (χ0n) is 7.84. The first kappa shape index (κ1) is 11.7. The Balaban J connectivity index is 0.00000112. The van der Waals surface area contributed by atoms with Gasteiger partial charge in [0.15, 0.2) is 5.82 Å². The number of rotatable bonds is 3. The third-order valence-corrected chi connectivity index (χ3v) is 1.89. The summed E-state index contributed by atoms with van der Waals surface area (Å²) >= 11 is 0. The zero-order chi connectivity index (χ0) is 9.80. The van der Waals surface area contributed by atoms with Gasteiger partial charge in [-0.3, -0.25) is 10.1 Å². The van der Waals surface area contributed by atoms with Gasteiger partial charge < -0.3 is 9.84 Å². The van der Waals surface area contributed by atoms with Crippen LogP contribution >= 0.6 is 12.4 Å². The van der Waals surface area contributed by atoms with E-state index >= 15 is 0 Å². The molecule has 0 aromatic carbocycles. The molecule has 0 fully saturated rings. The van der Waals surface area contributed by atoms with Crippen LogP contribution in [0, 0.1) is 0 Å². The molecule has 0 spiro atoms. The van der Waals surface area contributed by atoms with Gasteiger partial charge in [-0.15, -0.1) is 12.4 Å². The quantitative estimate of drug-likeness (QED) is 0.693. The van der Waals surface area contributed by atoms with E-state index in [1.807, 2.05) is 12.2 Å². The molecule has 2 N–H and O–H groups in total. The van der Waals surface area contributed by atoms with Crippen molar-refractivity contribution in [2.24, 2.45) is 0 Å². The summed E-state index contributed by atoms with van der Waals surface area (Å²) in [5.74, 6) is 0.392. The summed E-state index contributed by atoms with van der Waals surface area (Å²) in [6.07, 6.45) is 4.97. The Bertz CT molecular complexity index is 338. The maximum absolute atomic E-state index is 11.4. The van der Waals surface area contributed by atoms with E-state index in [0.29, 0.717) is 12.4 Å². The molecule has 7 heteroatoms. The van der Waals surface area contributed by atoms with Crippen LogP contribution in [0.2, 0.25) is 0 Å². The molecule has 15 heavy (non-hydrogen) atoms. The molecule has 2 heterocycles. The summed E-state index contributed by atoms with van der Waals surface area (Å²) in [6.45, 7) is 1.03. The van der Waals surface area contributed by atoms with Gasteiger partial charge in [-0.25, -0.2) is 0 Å². The molecule has 0 radical (unpaired) electrons. The van der Waals surface area contributed by atoms with Gasteiger partial charge in [0.1, 0.15) is 6.04 Å². The van der Waals surface area contributed by atoms with Crippen LogP contribution in [-0.4, -0.2) is 28.6 Å². The highest BCUT2D eigenvalue weighted by molar-refractivity contribution is 5.85. The summed E-state index contributed by atoms with van der Waals surface area (Å²) in [6, 6.07) is -0.234. The van der Waals surface area contributed by atoms with Gasteiger partial charge in [0.25, 0.3) is 0 Å². The highest BCUT2D eigenvalue weighted by atomic mass is 35.5. The number of carbonyl (C=O) groups is 1. The number of nitrogens with zero attached hydrogens (tertiary/aromatic N) is 2. The number of nitrogens with one attached hydrogen (secondary N) is 2. The van der Waals surface area contributed by atoms with Crippen molar-refractivity contribution in [3.05, 3.63) is 24.4 Å². The van der Waals surface area contributed by atoms with Crippen molar-refractivity contribution >= 4 is 18.3 Å². The Morgan fingerprint density at radius 1 is 1.73 bits per heavy atom. The summed E-state index contributed by atoms with van der Waals surface area (Å²) in [5.41, 5.74) is 0. The SMILES string of the molecule is Cl.O=C(NCc1ncon1)C1C=CCN1. The largest absolute Gasteiger partial charge is 0.347 e. The molecule has 1 unspecified atom stereocenters. The lowest BCUT2D eigenvalue weighted by atomic mass is 10.3. The maximum Gasteiger partial charge on any atom is 0.241 e. The molecular weight excluding hydrogens is 220 g/mol. The Labute approximate surface area is 92.5 Å². The van der Waals surface area contributed by atoms with Gasteiger partial charge in [0.05, 0.1) is 6.54 Å². The number of carbonyl (C=O) groups excluding carboxylic acids is 1. The van der Waals surface area contributed by atoms with Gasteiger partial charge in [-0.1, -0.05) is 17.3 Å². The molecule has 1 aliphatic heterocycles. The predicted molar refractivity (Wildman–Crippen MR) is 54.3 cm³/mol. The van der Waals surface area contributed by atoms with E-state index in [1.165, 1.54) is 6.39 Å². The second kappa shape index (κ2) is 5.47. The molecule has 1 atom stereocenters. The van der Waals surface area contributed by atoms with Crippen molar-refractivity contribution in [1.82, 2.24) is 20.8 Å². The highest BCUT2D eigenvalue weighted by Crippen LogP contribution is 1.95. The van der Waals surface area contributed by atoms with Crippen LogP contribution in [0.1, 0.15) is 5.82 Å². The minimum Gasteiger partial charge on any atom is -0.347 e. The molecule has 1 aliphatic rings. The van der Waals surface area contributed by atoms with Crippen LogP contribution in [0.4, 0.5) is 0 Å². The van der Waals surface area contributed by atoms with E-state index in [1.54, 1.807) is 0 Å². The van der Waals surface area contributed by atoms with E-state index in [4.69, 9.17) is 0 Å². The van der Waals surface area contributed by atoms with Crippen LogP contribution in [-0.2, 0) is 11.3 Å². The Kier molecular flexibility index (Phi) is 4.26. The first-order chi connectivity index (χ1) is 6.86. The highest BCUT2D eigenvalue weighted by Gasteiger charge is 2.17. The van der Waals surface area contributed by atoms with Crippen LogP contribution < -0.4 is 10.6 Å². The van der Waals surface area contributed by atoms with Crippen molar-refractivity contribution in [2.45, 2.75) is 12.6 Å². The summed E-state index contributed by atoms with van der Waals surface area (Å²) < 4.78 is 4.53. The van der Waals surface area contributed by atoms with Crippen molar-refractivity contribution in [3.8, 4) is 0 Å². The second-order valence-corrected chi connectivity index (χ2v) is 2.88.